The number of nitrogens with one attached hydrogen (secondary N) is 1. The van der Waals surface area contributed by atoms with Crippen molar-refractivity contribution in [2.75, 3.05) is 5.32 Å². The van der Waals surface area contributed by atoms with Gasteiger partial charge in [-0.05, 0) is 30.3 Å². The molecule has 1 N–H and O–H groups in total. The van der Waals surface area contributed by atoms with Crippen LogP contribution in [0.25, 0.3) is 22.1 Å². The van der Waals surface area contributed by atoms with Crippen LogP contribution in [0.15, 0.2) is 62.5 Å². The van der Waals surface area contributed by atoms with Crippen LogP contribution in [-0.2, 0) is 11.3 Å². The van der Waals surface area contributed by atoms with Gasteiger partial charge in [-0.15, -0.1) is 0 Å². The maximum Gasteiger partial charge on any atom is 0.297 e. The first-order valence-electron chi connectivity index (χ1n) is 7.64. The molecule has 2 aromatic carbocycles. The van der Waals surface area contributed by atoms with E-state index in [-0.39, 0.29) is 17.8 Å². The summed E-state index contributed by atoms with van der Waals surface area (Å²) in [5.41, 5.74) is 0.630. The van der Waals surface area contributed by atoms with Gasteiger partial charge in [-0.3, -0.25) is 14.2 Å². The van der Waals surface area contributed by atoms with Crippen molar-refractivity contribution in [3.63, 3.8) is 0 Å². The Labute approximate surface area is 154 Å². The second-order valence-corrected chi connectivity index (χ2v) is 6.54. The van der Waals surface area contributed by atoms with Crippen molar-refractivity contribution in [1.82, 2.24) is 9.55 Å². The van der Waals surface area contributed by atoms with E-state index in [0.29, 0.717) is 15.6 Å². The molecule has 0 aliphatic heterocycles. The Morgan fingerprint density at radius 3 is 2.88 bits per heavy atom. The van der Waals surface area contributed by atoms with E-state index in [1.807, 2.05) is 6.07 Å². The summed E-state index contributed by atoms with van der Waals surface area (Å²) in [5.74, 6) is -1.13. The Balaban J connectivity index is 1.64. The van der Waals surface area contributed by atoms with Crippen LogP contribution in [0.4, 0.5) is 10.1 Å². The Hall–Kier alpha value is -3.00. The first kappa shape index (κ1) is 16.5. The third-order valence-electron chi connectivity index (χ3n) is 3.87. The van der Waals surface area contributed by atoms with E-state index in [2.05, 4.69) is 26.2 Å². The van der Waals surface area contributed by atoms with Gasteiger partial charge in [0.2, 0.25) is 11.5 Å². The summed E-state index contributed by atoms with van der Waals surface area (Å²) in [6.45, 7) is -0.311. The highest BCUT2D eigenvalue weighted by Crippen LogP contribution is 2.24. The molecule has 6 nitrogen and oxygen atoms in total. The minimum atomic E-state index is -0.578. The topological polar surface area (TPSA) is 77.1 Å². The summed E-state index contributed by atoms with van der Waals surface area (Å²) in [6, 6.07) is 11.4. The molecule has 0 radical (unpaired) electrons. The highest BCUT2D eigenvalue weighted by molar-refractivity contribution is 9.10. The molecule has 0 bridgehead atoms. The fourth-order valence-corrected chi connectivity index (χ4v) is 3.00. The predicted molar refractivity (Wildman–Crippen MR) is 98.5 cm³/mol. The first-order valence-corrected chi connectivity index (χ1v) is 8.44. The molecule has 1 amide bonds. The van der Waals surface area contributed by atoms with Gasteiger partial charge < -0.3 is 9.73 Å². The summed E-state index contributed by atoms with van der Waals surface area (Å²) in [5, 5.41) is 3.16. The number of para-hydroxylation sites is 1. The Morgan fingerprint density at radius 1 is 1.27 bits per heavy atom. The molecule has 0 saturated heterocycles. The van der Waals surface area contributed by atoms with Crippen molar-refractivity contribution in [3.05, 3.63) is 69.4 Å². The Morgan fingerprint density at radius 2 is 2.08 bits per heavy atom. The number of amides is 1. The van der Waals surface area contributed by atoms with Gasteiger partial charge in [0.25, 0.3) is 5.56 Å². The number of carbonyl (C=O) groups excluding carboxylic acids is 1. The lowest BCUT2D eigenvalue weighted by molar-refractivity contribution is -0.116. The van der Waals surface area contributed by atoms with Crippen molar-refractivity contribution < 1.29 is 13.6 Å². The Bertz CT molecular complexity index is 1220. The number of halogens is 2. The highest BCUT2D eigenvalue weighted by atomic mass is 79.9. The van der Waals surface area contributed by atoms with Crippen LogP contribution in [0.2, 0.25) is 0 Å². The number of carbonyl (C=O) groups is 1. The van der Waals surface area contributed by atoms with Crippen molar-refractivity contribution in [1.29, 1.82) is 0 Å². The standard InChI is InChI=1S/C18H11BrFN3O3/c19-10-5-6-13(12(20)7-10)22-15(24)8-23-9-21-16-11-3-1-2-4-14(11)26-17(16)18(23)25/h1-7,9H,8H2,(H,22,24). The van der Waals surface area contributed by atoms with Crippen molar-refractivity contribution in [2.45, 2.75) is 6.54 Å². The molecule has 2 aromatic heterocycles. The molecule has 0 saturated carbocycles. The van der Waals surface area contributed by atoms with Crippen molar-refractivity contribution in [2.24, 2.45) is 0 Å². The molecule has 0 unspecified atom stereocenters. The minimum Gasteiger partial charge on any atom is -0.448 e. The van der Waals surface area contributed by atoms with Gasteiger partial charge in [0.15, 0.2) is 0 Å². The van der Waals surface area contributed by atoms with Crippen LogP contribution in [0.5, 0.6) is 0 Å². The lowest BCUT2D eigenvalue weighted by Gasteiger charge is -2.08. The third-order valence-corrected chi connectivity index (χ3v) is 4.36. The molecule has 2 heterocycles. The van der Waals surface area contributed by atoms with Crippen molar-refractivity contribution >= 4 is 49.6 Å². The van der Waals surface area contributed by atoms with E-state index in [1.165, 1.54) is 18.5 Å². The lowest BCUT2D eigenvalue weighted by atomic mass is 10.2. The number of aromatic nitrogens is 2. The van der Waals surface area contributed by atoms with Gasteiger partial charge >= 0.3 is 0 Å². The van der Waals surface area contributed by atoms with Crippen LogP contribution in [-0.4, -0.2) is 15.5 Å². The third kappa shape index (κ3) is 2.88. The number of nitrogens with zero attached hydrogens (tertiary/aromatic N) is 2. The Kier molecular flexibility index (Phi) is 4.04. The largest absolute Gasteiger partial charge is 0.448 e. The van der Waals surface area contributed by atoms with Gasteiger partial charge in [0, 0.05) is 9.86 Å². The van der Waals surface area contributed by atoms with E-state index >= 15 is 0 Å². The second-order valence-electron chi connectivity index (χ2n) is 5.63. The van der Waals surface area contributed by atoms with E-state index in [9.17, 15) is 14.0 Å². The van der Waals surface area contributed by atoms with E-state index in [4.69, 9.17) is 4.42 Å². The number of rotatable bonds is 3. The van der Waals surface area contributed by atoms with E-state index < -0.39 is 17.3 Å². The number of hydrogen-bond donors (Lipinski definition) is 1. The molecule has 0 aliphatic rings. The quantitative estimate of drug-likeness (QED) is 0.553. The zero-order valence-electron chi connectivity index (χ0n) is 13.2. The zero-order valence-corrected chi connectivity index (χ0v) is 14.8. The van der Waals surface area contributed by atoms with E-state index in [0.717, 1.165) is 9.95 Å². The van der Waals surface area contributed by atoms with Gasteiger partial charge in [-0.1, -0.05) is 28.1 Å². The SMILES string of the molecule is O=C(Cn1cnc2c(oc3ccccc32)c1=O)Nc1ccc(Br)cc1F. The maximum atomic E-state index is 13.8. The number of fused-ring (bicyclic) bond motifs is 3. The van der Waals surface area contributed by atoms with Crippen LogP contribution in [0.3, 0.4) is 0 Å². The zero-order chi connectivity index (χ0) is 18.3. The fraction of sp³-hybridized carbons (Fsp3) is 0.0556. The minimum absolute atomic E-state index is 0.0315. The molecule has 130 valence electrons. The average molecular weight is 416 g/mol. The predicted octanol–water partition coefficient (Wildman–Crippen LogP) is 3.68. The average Bonchev–Trinajstić information content (AvgIpc) is 2.99. The number of hydrogen-bond acceptors (Lipinski definition) is 4. The van der Waals surface area contributed by atoms with Gasteiger partial charge in [-0.2, -0.15) is 0 Å². The molecule has 0 aliphatic carbocycles. The van der Waals surface area contributed by atoms with Gasteiger partial charge in [-0.25, -0.2) is 9.37 Å². The summed E-state index contributed by atoms with van der Waals surface area (Å²) >= 11 is 3.15. The molecule has 26 heavy (non-hydrogen) atoms. The highest BCUT2D eigenvalue weighted by Gasteiger charge is 2.15. The molecule has 0 fully saturated rings. The van der Waals surface area contributed by atoms with E-state index in [1.54, 1.807) is 24.3 Å². The molecule has 8 heteroatoms. The molecule has 4 rings (SSSR count). The second kappa shape index (κ2) is 6.38. The van der Waals surface area contributed by atoms with Gasteiger partial charge in [0.05, 0.1) is 12.0 Å². The van der Waals surface area contributed by atoms with Gasteiger partial charge in [0.1, 0.15) is 23.5 Å². The number of anilines is 1. The number of furan rings is 1. The van der Waals surface area contributed by atoms with Crippen LogP contribution in [0.1, 0.15) is 0 Å². The van der Waals surface area contributed by atoms with Crippen LogP contribution < -0.4 is 10.9 Å². The normalized spacial score (nSPS) is 11.2. The molecular weight excluding hydrogens is 405 g/mol. The smallest absolute Gasteiger partial charge is 0.297 e. The van der Waals surface area contributed by atoms with Crippen LogP contribution >= 0.6 is 15.9 Å². The maximum absolute atomic E-state index is 13.8. The number of benzene rings is 2. The summed E-state index contributed by atoms with van der Waals surface area (Å²) in [7, 11) is 0. The molecular formula is C18H11BrFN3O3. The molecule has 4 aromatic rings. The summed E-state index contributed by atoms with van der Waals surface area (Å²) < 4.78 is 21.1. The first-order chi connectivity index (χ1) is 12.5. The fourth-order valence-electron chi connectivity index (χ4n) is 2.66. The summed E-state index contributed by atoms with van der Waals surface area (Å²) in [6.07, 6.45) is 1.28. The lowest BCUT2D eigenvalue weighted by Crippen LogP contribution is -2.27. The molecule has 0 spiro atoms. The monoisotopic (exact) mass is 415 g/mol. The molecule has 0 atom stereocenters. The van der Waals surface area contributed by atoms with Crippen molar-refractivity contribution in [3.8, 4) is 0 Å². The summed E-state index contributed by atoms with van der Waals surface area (Å²) in [4.78, 5) is 29.0. The van der Waals surface area contributed by atoms with Crippen LogP contribution in [0, 0.1) is 5.82 Å².